The van der Waals surface area contributed by atoms with E-state index in [0.717, 1.165) is 21.4 Å². The van der Waals surface area contributed by atoms with Gasteiger partial charge in [0.1, 0.15) is 0 Å². The summed E-state index contributed by atoms with van der Waals surface area (Å²) in [6.07, 6.45) is 1.62. The Morgan fingerprint density at radius 3 is 2.47 bits per heavy atom. The van der Waals surface area contributed by atoms with E-state index in [1.807, 2.05) is 62.4 Å². The van der Waals surface area contributed by atoms with Crippen LogP contribution in [-0.4, -0.2) is 11.0 Å². The van der Waals surface area contributed by atoms with E-state index < -0.39 is 0 Å². The van der Waals surface area contributed by atoms with Crippen molar-refractivity contribution in [2.24, 2.45) is 0 Å². The second-order valence-corrected chi connectivity index (χ2v) is 4.15. The summed E-state index contributed by atoms with van der Waals surface area (Å²) < 4.78 is 0.912. The molecule has 2 aromatic rings. The molecular weight excluding hydrogens is 210 g/mol. The number of aryl methyl sites for hydroxylation is 2. The van der Waals surface area contributed by atoms with Gasteiger partial charge in [0.15, 0.2) is 6.21 Å². The minimum Gasteiger partial charge on any atom is -0.618 e. The van der Waals surface area contributed by atoms with Crippen molar-refractivity contribution < 1.29 is 4.74 Å². The maximum atomic E-state index is 12.0. The molecule has 2 rings (SSSR count). The van der Waals surface area contributed by atoms with Crippen LogP contribution in [0.3, 0.4) is 0 Å². The Bertz CT molecular complexity index is 558. The van der Waals surface area contributed by atoms with Crippen LogP contribution in [0, 0.1) is 19.1 Å². The smallest absolute Gasteiger partial charge is 0.216 e. The van der Waals surface area contributed by atoms with Crippen molar-refractivity contribution >= 4 is 11.9 Å². The molecule has 86 valence electrons. The predicted molar refractivity (Wildman–Crippen MR) is 70.8 cm³/mol. The zero-order valence-corrected chi connectivity index (χ0v) is 10.1. The fraction of sp³-hybridized carbons (Fsp3) is 0.133. The molecule has 0 amide bonds. The normalized spacial score (nSPS) is 11.5. The van der Waals surface area contributed by atoms with E-state index in [2.05, 4.69) is 0 Å². The topological polar surface area (TPSA) is 26.1 Å². The lowest BCUT2D eigenvalue weighted by Gasteiger charge is -2.04. The molecule has 0 aromatic heterocycles. The molecule has 0 spiro atoms. The standard InChI is InChI=1S/C15H15NO/c1-12-6-5-9-15(10-12)16(17)11-14-8-4-3-7-13(14)2/h3-11H,1-2H3. The average molecular weight is 225 g/mol. The highest BCUT2D eigenvalue weighted by Crippen LogP contribution is 2.13. The third-order valence-electron chi connectivity index (χ3n) is 2.70. The Balaban J connectivity index is 2.38. The third-order valence-corrected chi connectivity index (χ3v) is 2.70. The van der Waals surface area contributed by atoms with Gasteiger partial charge in [0.25, 0.3) is 0 Å². The van der Waals surface area contributed by atoms with Gasteiger partial charge in [-0.15, -0.1) is 0 Å². The lowest BCUT2D eigenvalue weighted by molar-refractivity contribution is -0.354. The van der Waals surface area contributed by atoms with E-state index in [-0.39, 0.29) is 0 Å². The minimum absolute atomic E-state index is 0.660. The molecule has 0 bridgehead atoms. The van der Waals surface area contributed by atoms with Crippen LogP contribution in [0.4, 0.5) is 5.69 Å². The Kier molecular flexibility index (Phi) is 3.24. The van der Waals surface area contributed by atoms with Gasteiger partial charge >= 0.3 is 0 Å². The molecule has 0 aliphatic carbocycles. The molecule has 2 nitrogen and oxygen atoms in total. The molecular formula is C15H15NO. The fourth-order valence-corrected chi connectivity index (χ4v) is 1.70. The average Bonchev–Trinajstić information content (AvgIpc) is 2.32. The molecule has 17 heavy (non-hydrogen) atoms. The molecule has 0 saturated carbocycles. The van der Waals surface area contributed by atoms with E-state index in [1.54, 1.807) is 6.21 Å². The molecule has 2 aromatic carbocycles. The second kappa shape index (κ2) is 4.83. The van der Waals surface area contributed by atoms with E-state index in [1.165, 1.54) is 0 Å². The number of nitrogens with zero attached hydrogens (tertiary/aromatic N) is 1. The number of hydrogen-bond donors (Lipinski definition) is 0. The van der Waals surface area contributed by atoms with Gasteiger partial charge in [-0.1, -0.05) is 30.3 Å². The Morgan fingerprint density at radius 1 is 1.00 bits per heavy atom. The summed E-state index contributed by atoms with van der Waals surface area (Å²) in [5.74, 6) is 0. The Morgan fingerprint density at radius 2 is 1.76 bits per heavy atom. The molecule has 0 N–H and O–H groups in total. The fourth-order valence-electron chi connectivity index (χ4n) is 1.70. The predicted octanol–water partition coefficient (Wildman–Crippen LogP) is 3.56. The highest BCUT2D eigenvalue weighted by Gasteiger charge is 2.03. The molecule has 0 radical (unpaired) electrons. The maximum Gasteiger partial charge on any atom is 0.216 e. The summed E-state index contributed by atoms with van der Waals surface area (Å²) in [7, 11) is 0. The van der Waals surface area contributed by atoms with Crippen molar-refractivity contribution in [3.8, 4) is 0 Å². The van der Waals surface area contributed by atoms with Crippen molar-refractivity contribution in [2.75, 3.05) is 0 Å². The SMILES string of the molecule is Cc1cccc([N+]([O-])=Cc2ccccc2C)c1. The number of hydrogen-bond acceptors (Lipinski definition) is 1. The number of benzene rings is 2. The zero-order valence-electron chi connectivity index (χ0n) is 10.1. The van der Waals surface area contributed by atoms with Crippen LogP contribution >= 0.6 is 0 Å². The molecule has 0 aliphatic rings. The second-order valence-electron chi connectivity index (χ2n) is 4.15. The van der Waals surface area contributed by atoms with Gasteiger partial charge < -0.3 is 5.21 Å². The lowest BCUT2D eigenvalue weighted by atomic mass is 10.1. The summed E-state index contributed by atoms with van der Waals surface area (Å²) >= 11 is 0. The van der Waals surface area contributed by atoms with Crippen LogP contribution in [0.1, 0.15) is 16.7 Å². The maximum absolute atomic E-state index is 12.0. The van der Waals surface area contributed by atoms with E-state index >= 15 is 0 Å². The first kappa shape index (κ1) is 11.4. The monoisotopic (exact) mass is 225 g/mol. The summed E-state index contributed by atoms with van der Waals surface area (Å²) in [5, 5.41) is 12.0. The van der Waals surface area contributed by atoms with Crippen molar-refractivity contribution in [1.29, 1.82) is 0 Å². The van der Waals surface area contributed by atoms with Crippen molar-refractivity contribution in [3.05, 3.63) is 70.4 Å². The van der Waals surface area contributed by atoms with Crippen LogP contribution in [-0.2, 0) is 0 Å². The largest absolute Gasteiger partial charge is 0.618 e. The summed E-state index contributed by atoms with van der Waals surface area (Å²) in [5.41, 5.74) is 3.79. The van der Waals surface area contributed by atoms with E-state index in [0.29, 0.717) is 5.69 Å². The summed E-state index contributed by atoms with van der Waals surface area (Å²) in [4.78, 5) is 0. The van der Waals surface area contributed by atoms with E-state index in [4.69, 9.17) is 0 Å². The summed E-state index contributed by atoms with van der Waals surface area (Å²) in [6, 6.07) is 15.4. The van der Waals surface area contributed by atoms with Gasteiger partial charge in [0.05, 0.1) is 0 Å². The first-order valence-electron chi connectivity index (χ1n) is 5.60. The van der Waals surface area contributed by atoms with Crippen LogP contribution in [0.5, 0.6) is 0 Å². The van der Waals surface area contributed by atoms with Crippen LogP contribution < -0.4 is 0 Å². The van der Waals surface area contributed by atoms with E-state index in [9.17, 15) is 5.21 Å². The van der Waals surface area contributed by atoms with Gasteiger partial charge in [-0.25, -0.2) is 0 Å². The Labute approximate surface area is 101 Å². The van der Waals surface area contributed by atoms with Crippen molar-refractivity contribution in [3.63, 3.8) is 0 Å². The van der Waals surface area contributed by atoms with Gasteiger partial charge in [0, 0.05) is 17.7 Å². The lowest BCUT2D eigenvalue weighted by Crippen LogP contribution is -2.00. The first-order chi connectivity index (χ1) is 8.16. The van der Waals surface area contributed by atoms with Crippen molar-refractivity contribution in [2.45, 2.75) is 13.8 Å². The minimum atomic E-state index is 0.660. The van der Waals surface area contributed by atoms with Gasteiger partial charge in [-0.3, -0.25) is 0 Å². The Hall–Kier alpha value is -2.09. The van der Waals surface area contributed by atoms with Gasteiger partial charge in [0.2, 0.25) is 5.69 Å². The zero-order chi connectivity index (χ0) is 12.3. The molecule has 0 atom stereocenters. The highest BCUT2D eigenvalue weighted by atomic mass is 16.5. The molecule has 2 heteroatoms. The van der Waals surface area contributed by atoms with Crippen molar-refractivity contribution in [1.82, 2.24) is 0 Å². The first-order valence-corrected chi connectivity index (χ1v) is 5.60. The molecule has 0 unspecified atom stereocenters. The molecule has 0 aliphatic heterocycles. The quantitative estimate of drug-likeness (QED) is 0.332. The van der Waals surface area contributed by atoms with Gasteiger partial charge in [-0.05, 0) is 31.0 Å². The van der Waals surface area contributed by atoms with Gasteiger partial charge in [-0.2, -0.15) is 4.74 Å². The number of rotatable bonds is 2. The molecule has 0 fully saturated rings. The molecule has 0 saturated heterocycles. The summed E-state index contributed by atoms with van der Waals surface area (Å²) in [6.45, 7) is 3.97. The van der Waals surface area contributed by atoms with Crippen LogP contribution in [0.2, 0.25) is 0 Å². The third kappa shape index (κ3) is 2.72. The van der Waals surface area contributed by atoms with Crippen LogP contribution in [0.15, 0.2) is 48.5 Å². The molecule has 0 heterocycles. The highest BCUT2D eigenvalue weighted by molar-refractivity contribution is 5.78. The van der Waals surface area contributed by atoms with Crippen LogP contribution in [0.25, 0.3) is 0 Å².